The molecule has 2 rings (SSSR count). The fraction of sp³-hybridized carbons (Fsp3) is 0.543. The number of hydrogen-bond donors (Lipinski definition) is 0. The van der Waals surface area contributed by atoms with Crippen LogP contribution in [0.3, 0.4) is 0 Å². The van der Waals surface area contributed by atoms with Crippen LogP contribution in [-0.4, -0.2) is 51.3 Å². The van der Waals surface area contributed by atoms with Gasteiger partial charge in [0.25, 0.3) is 5.69 Å². The van der Waals surface area contributed by atoms with Crippen LogP contribution in [0.1, 0.15) is 177 Å². The molecular formula is C70H98N2O2Si4. The molecule has 2 aromatic rings. The Morgan fingerprint density at radius 1 is 0.359 bits per heavy atom. The maximum atomic E-state index is 11.6. The van der Waals surface area contributed by atoms with Gasteiger partial charge in [-0.3, -0.25) is 10.1 Å². The van der Waals surface area contributed by atoms with E-state index >= 15 is 0 Å². The molecule has 0 radical (unpaired) electrons. The summed E-state index contributed by atoms with van der Waals surface area (Å²) in [5.41, 5.74) is 25.5. The van der Waals surface area contributed by atoms with E-state index in [1.807, 2.05) is 14.1 Å². The maximum Gasteiger partial charge on any atom is 0.269 e. The lowest BCUT2D eigenvalue weighted by molar-refractivity contribution is -0.384. The minimum absolute atomic E-state index is 0.00903. The van der Waals surface area contributed by atoms with E-state index in [2.05, 4.69) is 289 Å². The molecule has 8 heteroatoms. The van der Waals surface area contributed by atoms with Crippen LogP contribution in [0.2, 0.25) is 66.5 Å². The molecule has 0 aliphatic carbocycles. The van der Waals surface area contributed by atoms with Crippen molar-refractivity contribution < 1.29 is 4.92 Å². The number of rotatable bonds is 14. The second-order valence-corrected chi connectivity index (χ2v) is 47.7. The van der Waals surface area contributed by atoms with E-state index in [1.54, 1.807) is 12.1 Å². The maximum absolute atomic E-state index is 11.6. The van der Waals surface area contributed by atoms with Gasteiger partial charge in [-0.05, 0) is 127 Å². The van der Waals surface area contributed by atoms with Crippen molar-refractivity contribution in [3.8, 4) is 93.2 Å². The van der Waals surface area contributed by atoms with Gasteiger partial charge in [0.2, 0.25) is 0 Å². The Balaban J connectivity index is 3.65. The summed E-state index contributed by atoms with van der Waals surface area (Å²) in [5.74, 6) is 42.3. The molecule has 0 bridgehead atoms. The molecule has 0 unspecified atom stereocenters. The van der Waals surface area contributed by atoms with Crippen LogP contribution in [0.25, 0.3) is 0 Å². The summed E-state index contributed by atoms with van der Waals surface area (Å²) in [5, 5.41) is 11.6. The van der Waals surface area contributed by atoms with Crippen molar-refractivity contribution in [1.82, 2.24) is 0 Å². The molecule has 0 heterocycles. The molecular weight excluding hydrogens is 1010 g/mol. The first-order valence-electron chi connectivity index (χ1n) is 28.9. The van der Waals surface area contributed by atoms with E-state index in [-0.39, 0.29) is 5.69 Å². The molecule has 0 aliphatic heterocycles. The molecule has 0 atom stereocenters. The first-order valence-corrected chi connectivity index (χ1v) is 37.8. The number of allylic oxidation sites excluding steroid dienone is 4. The zero-order valence-corrected chi connectivity index (χ0v) is 57.3. The minimum Gasteiger partial charge on any atom is -0.378 e. The molecule has 0 saturated carbocycles. The monoisotopic (exact) mass is 1110 g/mol. The Labute approximate surface area is 482 Å². The largest absolute Gasteiger partial charge is 0.378 e. The van der Waals surface area contributed by atoms with Gasteiger partial charge in [0.15, 0.2) is 0 Å². The molecule has 0 amide bonds. The Bertz CT molecular complexity index is 2900. The van der Waals surface area contributed by atoms with Gasteiger partial charge >= 0.3 is 0 Å². The number of hydrogen-bond acceptors (Lipinski definition) is 3. The Morgan fingerprint density at radius 3 is 0.782 bits per heavy atom. The van der Waals surface area contributed by atoms with Gasteiger partial charge in [-0.25, -0.2) is 0 Å². The SMILES string of the molecule is CC(C)[Si](C#C/C(C#CC#C/C(C#C[Si](C(C)C)(C(C)C)C(C)C)=C(/C#Cc1ccc([N+](=O)[O-])cc1)C#C[Si](C(C)C)(C(C)C)C(C)C)=C(\C#Cc1ccc(N(C)C)cc1)C#C[Si](C(C)C)(C(C)C)C(C)C)(C(C)C)C(C)C. The lowest BCUT2D eigenvalue weighted by Gasteiger charge is -2.38. The topological polar surface area (TPSA) is 46.4 Å². The Kier molecular flexibility index (Phi) is 26.5. The second kappa shape index (κ2) is 30.2. The van der Waals surface area contributed by atoms with Crippen molar-refractivity contribution in [2.45, 2.75) is 233 Å². The van der Waals surface area contributed by atoms with Crippen molar-refractivity contribution in [1.29, 1.82) is 0 Å². The van der Waals surface area contributed by atoms with Crippen LogP contribution in [0.4, 0.5) is 11.4 Å². The number of nitro groups is 1. The van der Waals surface area contributed by atoms with E-state index in [4.69, 9.17) is 0 Å². The van der Waals surface area contributed by atoms with Gasteiger partial charge in [0.1, 0.15) is 32.3 Å². The highest BCUT2D eigenvalue weighted by atomic mass is 28.3. The fourth-order valence-corrected chi connectivity index (χ4v) is 33.8. The predicted octanol–water partition coefficient (Wildman–Crippen LogP) is 18.5. The molecule has 2 aromatic carbocycles. The first kappa shape index (κ1) is 68.6. The van der Waals surface area contributed by atoms with E-state index < -0.39 is 37.2 Å². The summed E-state index contributed by atoms with van der Waals surface area (Å²) in [6.45, 7) is 55.7. The highest BCUT2D eigenvalue weighted by Gasteiger charge is 2.45. The molecule has 416 valence electrons. The molecule has 0 fully saturated rings. The summed E-state index contributed by atoms with van der Waals surface area (Å²) in [6, 6.07) is 14.6. The first-order chi connectivity index (χ1) is 36.2. The van der Waals surface area contributed by atoms with Gasteiger partial charge in [0.05, 0.1) is 27.2 Å². The van der Waals surface area contributed by atoms with Crippen LogP contribution in [0.5, 0.6) is 0 Å². The summed E-state index contributed by atoms with van der Waals surface area (Å²) >= 11 is 0. The lowest BCUT2D eigenvalue weighted by atomic mass is 10.1. The van der Waals surface area contributed by atoms with Crippen molar-refractivity contribution in [2.75, 3.05) is 19.0 Å². The Hall–Kier alpha value is -5.53. The van der Waals surface area contributed by atoms with E-state index in [0.29, 0.717) is 94.4 Å². The average molecular weight is 1110 g/mol. The quantitative estimate of drug-likeness (QED) is 0.0820. The highest BCUT2D eigenvalue weighted by Crippen LogP contribution is 2.44. The van der Waals surface area contributed by atoms with Crippen molar-refractivity contribution in [2.24, 2.45) is 0 Å². The van der Waals surface area contributed by atoms with Crippen LogP contribution in [0, 0.1) is 103 Å². The minimum atomic E-state index is -2.29. The number of benzene rings is 2. The number of nitro benzene ring substituents is 1. The van der Waals surface area contributed by atoms with Gasteiger partial charge in [-0.15, -0.1) is 22.2 Å². The normalized spacial score (nSPS) is 12.5. The van der Waals surface area contributed by atoms with Crippen molar-refractivity contribution in [3.05, 3.63) is 92.1 Å². The van der Waals surface area contributed by atoms with E-state index in [9.17, 15) is 10.1 Å². The van der Waals surface area contributed by atoms with Gasteiger partial charge < -0.3 is 4.90 Å². The van der Waals surface area contributed by atoms with Crippen molar-refractivity contribution >= 4 is 43.7 Å². The number of nitrogens with zero attached hydrogens (tertiary/aromatic N) is 2. The van der Waals surface area contributed by atoms with Crippen LogP contribution >= 0.6 is 0 Å². The second-order valence-electron chi connectivity index (χ2n) is 25.3. The molecule has 4 nitrogen and oxygen atoms in total. The van der Waals surface area contributed by atoms with Crippen LogP contribution in [0.15, 0.2) is 70.8 Å². The molecule has 0 aromatic heterocycles. The third-order valence-corrected chi connectivity index (χ3v) is 42.3. The molecule has 0 N–H and O–H groups in total. The smallest absolute Gasteiger partial charge is 0.269 e. The third kappa shape index (κ3) is 16.5. The fourth-order valence-electron chi connectivity index (χ4n) is 13.0. The summed E-state index contributed by atoms with van der Waals surface area (Å²) in [7, 11) is -4.97. The summed E-state index contributed by atoms with van der Waals surface area (Å²) in [4.78, 5) is 13.3. The predicted molar refractivity (Wildman–Crippen MR) is 353 cm³/mol. The third-order valence-electron chi connectivity index (χ3n) is 17.1. The summed E-state index contributed by atoms with van der Waals surface area (Å²) < 4.78 is 0. The van der Waals surface area contributed by atoms with Gasteiger partial charge in [-0.1, -0.05) is 214 Å². The Morgan fingerprint density at radius 2 is 0.577 bits per heavy atom. The van der Waals surface area contributed by atoms with Crippen molar-refractivity contribution in [3.63, 3.8) is 0 Å². The molecule has 0 saturated heterocycles. The number of non-ortho nitro benzene ring substituents is 1. The number of anilines is 1. The molecule has 0 aliphatic rings. The molecule has 0 spiro atoms. The van der Waals surface area contributed by atoms with Gasteiger partial charge in [0, 0.05) is 43.0 Å². The summed E-state index contributed by atoms with van der Waals surface area (Å²) in [6.07, 6.45) is 0. The highest BCUT2D eigenvalue weighted by molar-refractivity contribution is 6.92. The average Bonchev–Trinajstić information content (AvgIpc) is 3.33. The van der Waals surface area contributed by atoms with E-state index in [1.165, 1.54) is 12.1 Å². The standard InChI is InChI=1S/C70H98N2O2Si4/c1-51(2)75(52(3)4,53(5)6)47-43-65(67(37-31-63-33-39-69(40-34-63)71(25)26)45-49-77(57(13)14,58(15)16)59(17)18)29-27-28-30-66(44-48-76(54(7)8,55(9)10)56(11)12)68(38-32-64-35-41-70(42-36-64)72(73)74)46-50-78(60(19)20,61(21)22)62(23)24/h33-36,39-42,51-62H,1-26H3/b67-65+,68-66+. The van der Waals surface area contributed by atoms with Crippen LogP contribution in [-0.2, 0) is 0 Å². The van der Waals surface area contributed by atoms with Crippen LogP contribution < -0.4 is 4.90 Å². The zero-order valence-electron chi connectivity index (χ0n) is 53.3. The van der Waals surface area contributed by atoms with E-state index in [0.717, 1.165) is 11.3 Å². The zero-order chi connectivity index (χ0) is 59.7. The van der Waals surface area contributed by atoms with Gasteiger partial charge in [-0.2, -0.15) is 0 Å². The lowest BCUT2D eigenvalue weighted by Crippen LogP contribution is -2.43. The molecule has 78 heavy (non-hydrogen) atoms.